The lowest BCUT2D eigenvalue weighted by Gasteiger charge is -2.45. The molecule has 3 aromatic rings. The highest BCUT2D eigenvalue weighted by Gasteiger charge is 2.40. The third-order valence-corrected chi connectivity index (χ3v) is 11.3. The van der Waals surface area contributed by atoms with E-state index in [2.05, 4.69) is 54.6 Å². The van der Waals surface area contributed by atoms with E-state index in [1.807, 2.05) is 24.3 Å². The molecule has 1 aliphatic heterocycles. The summed E-state index contributed by atoms with van der Waals surface area (Å²) in [6, 6.07) is 24.5. The molecule has 3 aromatic carbocycles. The van der Waals surface area contributed by atoms with Crippen LogP contribution in [0.3, 0.4) is 0 Å². The fourth-order valence-electron chi connectivity index (χ4n) is 6.72. The van der Waals surface area contributed by atoms with Gasteiger partial charge in [0, 0.05) is 24.5 Å². The number of aryl methyl sites for hydroxylation is 1. The smallest absolute Gasteiger partial charge is 0.243 e. The molecular formula is C34H43N3O4S. The molecule has 0 aromatic heterocycles. The molecule has 1 saturated carbocycles. The van der Waals surface area contributed by atoms with Gasteiger partial charge in [0.2, 0.25) is 15.9 Å². The van der Waals surface area contributed by atoms with Gasteiger partial charge >= 0.3 is 0 Å². The van der Waals surface area contributed by atoms with E-state index >= 15 is 0 Å². The van der Waals surface area contributed by atoms with Crippen molar-refractivity contribution in [3.05, 3.63) is 95.6 Å². The van der Waals surface area contributed by atoms with Crippen molar-refractivity contribution in [1.29, 1.82) is 0 Å². The van der Waals surface area contributed by atoms with Crippen molar-refractivity contribution >= 4 is 15.9 Å². The molecule has 0 radical (unpaired) electrons. The third-order valence-electron chi connectivity index (χ3n) is 9.36. The van der Waals surface area contributed by atoms with Gasteiger partial charge in [-0.25, -0.2) is 8.42 Å². The Balaban J connectivity index is 1.27. The third kappa shape index (κ3) is 6.56. The van der Waals surface area contributed by atoms with E-state index in [4.69, 9.17) is 4.74 Å². The Kier molecular flexibility index (Phi) is 9.35. The first-order valence-electron chi connectivity index (χ1n) is 15.0. The Morgan fingerprint density at radius 2 is 1.64 bits per heavy atom. The van der Waals surface area contributed by atoms with Gasteiger partial charge in [-0.3, -0.25) is 4.79 Å². The van der Waals surface area contributed by atoms with Crippen LogP contribution in [0.2, 0.25) is 0 Å². The molecule has 1 aliphatic carbocycles. The average molecular weight is 590 g/mol. The van der Waals surface area contributed by atoms with Crippen LogP contribution < -0.4 is 10.1 Å². The minimum Gasteiger partial charge on any atom is -0.497 e. The first-order chi connectivity index (χ1) is 20.2. The molecule has 5 rings (SSSR count). The summed E-state index contributed by atoms with van der Waals surface area (Å²) in [6.07, 6.45) is 6.68. The number of hydrogen-bond donors (Lipinski definition) is 1. The molecule has 1 fully saturated rings. The summed E-state index contributed by atoms with van der Waals surface area (Å²) in [4.78, 5) is 16.1. The molecule has 2 aliphatic rings. The van der Waals surface area contributed by atoms with E-state index < -0.39 is 16.1 Å². The molecule has 224 valence electrons. The second kappa shape index (κ2) is 13.0. The maximum absolute atomic E-state index is 13.8. The lowest BCUT2D eigenvalue weighted by atomic mass is 9.75. The second-order valence-corrected chi connectivity index (χ2v) is 13.8. The summed E-state index contributed by atoms with van der Waals surface area (Å²) >= 11 is 0. The number of hydrogen-bond acceptors (Lipinski definition) is 5. The van der Waals surface area contributed by atoms with Crippen LogP contribution in [0.1, 0.15) is 61.3 Å². The van der Waals surface area contributed by atoms with Crippen LogP contribution in [-0.2, 0) is 27.7 Å². The molecule has 1 amide bonds. The van der Waals surface area contributed by atoms with E-state index in [-0.39, 0.29) is 28.8 Å². The molecule has 42 heavy (non-hydrogen) atoms. The molecule has 1 unspecified atom stereocenters. The maximum Gasteiger partial charge on any atom is 0.243 e. The predicted octanol–water partition coefficient (Wildman–Crippen LogP) is 5.37. The number of fused-ring (bicyclic) bond motifs is 1. The number of rotatable bonds is 10. The minimum absolute atomic E-state index is 0.0905. The molecule has 7 nitrogen and oxygen atoms in total. The van der Waals surface area contributed by atoms with Crippen LogP contribution in [0.25, 0.3) is 0 Å². The van der Waals surface area contributed by atoms with Crippen LogP contribution in [-0.4, -0.2) is 62.9 Å². The van der Waals surface area contributed by atoms with Gasteiger partial charge < -0.3 is 15.0 Å². The highest BCUT2D eigenvalue weighted by molar-refractivity contribution is 7.89. The molecule has 1 N–H and O–H groups in total. The summed E-state index contributed by atoms with van der Waals surface area (Å²) in [5.41, 5.74) is 3.48. The average Bonchev–Trinajstić information content (AvgIpc) is 3.01. The van der Waals surface area contributed by atoms with Crippen molar-refractivity contribution in [2.75, 3.05) is 27.7 Å². The SMILES string of the molecule is COc1ccc(S(=O)(=O)N2CCc3ccccc3C2CC(=O)NC2CCC(CCc3ccccc3)(N(C)C)CC2)cc1. The Hall–Kier alpha value is -3.20. The Morgan fingerprint density at radius 3 is 2.31 bits per heavy atom. The highest BCUT2D eigenvalue weighted by atomic mass is 32.2. The summed E-state index contributed by atoms with van der Waals surface area (Å²) in [7, 11) is 2.07. The molecule has 1 atom stereocenters. The quantitative estimate of drug-likeness (QED) is 0.344. The monoisotopic (exact) mass is 589 g/mol. The number of carbonyl (C=O) groups is 1. The van der Waals surface area contributed by atoms with E-state index in [9.17, 15) is 13.2 Å². The van der Waals surface area contributed by atoms with Gasteiger partial charge in [0.25, 0.3) is 0 Å². The van der Waals surface area contributed by atoms with Crippen LogP contribution in [0.15, 0.2) is 83.8 Å². The topological polar surface area (TPSA) is 79.0 Å². The molecule has 0 bridgehead atoms. The van der Waals surface area contributed by atoms with Crippen LogP contribution in [0.4, 0.5) is 0 Å². The van der Waals surface area contributed by atoms with Crippen LogP contribution in [0, 0.1) is 0 Å². The highest BCUT2D eigenvalue weighted by Crippen LogP contribution is 2.38. The van der Waals surface area contributed by atoms with Gasteiger partial charge in [0.05, 0.1) is 18.0 Å². The standard InChI is InChI=1S/C34H43N3O4S/c1-36(2)34(21-17-26-9-5-4-6-10-26)22-18-28(19-23-34)35-33(38)25-32-31-12-8-7-11-27(31)20-24-37(32)42(39,40)30-15-13-29(41-3)14-16-30/h4-16,28,32H,17-25H2,1-3H3,(H,35,38). The zero-order valence-electron chi connectivity index (χ0n) is 25.0. The number of methoxy groups -OCH3 is 1. The zero-order valence-corrected chi connectivity index (χ0v) is 25.8. The minimum atomic E-state index is -3.82. The Morgan fingerprint density at radius 1 is 0.976 bits per heavy atom. The first-order valence-corrected chi connectivity index (χ1v) is 16.4. The van der Waals surface area contributed by atoms with Gasteiger partial charge in [-0.05, 0) is 100.0 Å². The van der Waals surface area contributed by atoms with E-state index in [1.54, 1.807) is 31.4 Å². The van der Waals surface area contributed by atoms with Gasteiger partial charge in [-0.15, -0.1) is 0 Å². The van der Waals surface area contributed by atoms with Crippen molar-refractivity contribution in [2.24, 2.45) is 0 Å². The van der Waals surface area contributed by atoms with Crippen molar-refractivity contribution < 1.29 is 17.9 Å². The van der Waals surface area contributed by atoms with E-state index in [1.165, 1.54) is 9.87 Å². The summed E-state index contributed by atoms with van der Waals surface area (Å²) in [5, 5.41) is 3.28. The normalized spacial score (nSPS) is 22.9. The van der Waals surface area contributed by atoms with Crippen molar-refractivity contribution in [1.82, 2.24) is 14.5 Å². The van der Waals surface area contributed by atoms with Gasteiger partial charge in [0.1, 0.15) is 5.75 Å². The fraction of sp³-hybridized carbons (Fsp3) is 0.441. The van der Waals surface area contributed by atoms with Crippen LogP contribution >= 0.6 is 0 Å². The maximum atomic E-state index is 13.8. The van der Waals surface area contributed by atoms with Gasteiger partial charge in [0.15, 0.2) is 0 Å². The number of sulfonamides is 1. The molecule has 0 spiro atoms. The van der Waals surface area contributed by atoms with E-state index in [0.29, 0.717) is 18.7 Å². The molecule has 1 heterocycles. The van der Waals surface area contributed by atoms with Crippen molar-refractivity contribution in [2.45, 2.75) is 73.9 Å². The number of amides is 1. The largest absolute Gasteiger partial charge is 0.497 e. The van der Waals surface area contributed by atoms with Gasteiger partial charge in [-0.1, -0.05) is 54.6 Å². The Labute approximate surface area is 250 Å². The van der Waals surface area contributed by atoms with E-state index in [0.717, 1.165) is 49.7 Å². The number of nitrogens with one attached hydrogen (secondary N) is 1. The molecule has 8 heteroatoms. The zero-order chi connectivity index (χ0) is 29.7. The predicted molar refractivity (Wildman–Crippen MR) is 166 cm³/mol. The number of carbonyl (C=O) groups excluding carboxylic acids is 1. The first kappa shape index (κ1) is 30.3. The second-order valence-electron chi connectivity index (χ2n) is 11.9. The Bertz CT molecular complexity index is 1450. The fourth-order valence-corrected chi connectivity index (χ4v) is 8.32. The van der Waals surface area contributed by atoms with Crippen molar-refractivity contribution in [3.63, 3.8) is 0 Å². The molecular weight excluding hydrogens is 546 g/mol. The number of nitrogens with zero attached hydrogens (tertiary/aromatic N) is 2. The molecule has 0 saturated heterocycles. The lowest BCUT2D eigenvalue weighted by Crippen LogP contribution is -2.51. The van der Waals surface area contributed by atoms with Gasteiger partial charge in [-0.2, -0.15) is 4.31 Å². The summed E-state index contributed by atoms with van der Waals surface area (Å²) in [5.74, 6) is 0.498. The summed E-state index contributed by atoms with van der Waals surface area (Å²) < 4.78 is 34.4. The van der Waals surface area contributed by atoms with Crippen LogP contribution in [0.5, 0.6) is 5.75 Å². The number of ether oxygens (including phenoxy) is 1. The summed E-state index contributed by atoms with van der Waals surface area (Å²) in [6.45, 7) is 0.333. The van der Waals surface area contributed by atoms with Crippen molar-refractivity contribution in [3.8, 4) is 5.75 Å². The lowest BCUT2D eigenvalue weighted by molar-refractivity contribution is -0.123. The number of benzene rings is 3.